The molecule has 1 aromatic heterocycles. The second-order valence-corrected chi connectivity index (χ2v) is 3.74. The Morgan fingerprint density at radius 3 is 2.79 bits per heavy atom. The third-order valence-corrected chi connectivity index (χ3v) is 1.98. The lowest BCUT2D eigenvalue weighted by Crippen LogP contribution is -2.15. The highest BCUT2D eigenvalue weighted by atomic mass is 16.3. The summed E-state index contributed by atoms with van der Waals surface area (Å²) in [6.07, 6.45) is 2.30. The summed E-state index contributed by atoms with van der Waals surface area (Å²) >= 11 is 0. The molecule has 0 radical (unpaired) electrons. The minimum atomic E-state index is -0.530. The number of nitrogens with zero attached hydrogens (tertiary/aromatic N) is 4. The van der Waals surface area contributed by atoms with Gasteiger partial charge in [-0.2, -0.15) is 0 Å². The van der Waals surface area contributed by atoms with E-state index < -0.39 is 6.10 Å². The lowest BCUT2D eigenvalue weighted by molar-refractivity contribution is 0.194. The van der Waals surface area contributed by atoms with Crippen LogP contribution < -0.4 is 0 Å². The van der Waals surface area contributed by atoms with Crippen LogP contribution in [0.4, 0.5) is 0 Å². The molecule has 0 fully saturated rings. The quantitative estimate of drug-likeness (QED) is 0.738. The third kappa shape index (κ3) is 3.43. The number of hydrogen-bond donors (Lipinski definition) is 1. The summed E-state index contributed by atoms with van der Waals surface area (Å²) in [5, 5.41) is 17.0. The Hall–Kier alpha value is -0.940. The van der Waals surface area contributed by atoms with Crippen LogP contribution in [0.1, 0.15) is 25.1 Å². The Morgan fingerprint density at radius 1 is 1.57 bits per heavy atom. The molecular weight excluding hydrogens is 180 g/mol. The normalized spacial score (nSPS) is 13.5. The number of aliphatic hydroxyl groups excluding tert-OH is 1. The topological polar surface area (TPSA) is 54.2 Å². The van der Waals surface area contributed by atoms with Gasteiger partial charge in [0.15, 0.2) is 0 Å². The van der Waals surface area contributed by atoms with E-state index in [1.54, 1.807) is 17.8 Å². The minimum absolute atomic E-state index is 0.530. The number of hydrogen-bond acceptors (Lipinski definition) is 4. The maximum Gasteiger partial charge on any atom is 0.111 e. The fourth-order valence-corrected chi connectivity index (χ4v) is 1.16. The van der Waals surface area contributed by atoms with Crippen molar-refractivity contribution in [2.75, 3.05) is 20.6 Å². The molecule has 0 aliphatic heterocycles. The van der Waals surface area contributed by atoms with E-state index in [0.29, 0.717) is 5.69 Å². The smallest absolute Gasteiger partial charge is 0.111 e. The van der Waals surface area contributed by atoms with E-state index in [0.717, 1.165) is 19.5 Å². The van der Waals surface area contributed by atoms with E-state index in [1.807, 2.05) is 14.1 Å². The predicted octanol–water partition coefficient (Wildman–Crippen LogP) is 0.283. The van der Waals surface area contributed by atoms with Crippen molar-refractivity contribution in [2.45, 2.75) is 26.0 Å². The summed E-state index contributed by atoms with van der Waals surface area (Å²) < 4.78 is 1.77. The lowest BCUT2D eigenvalue weighted by Gasteiger charge is -2.08. The monoisotopic (exact) mass is 198 g/mol. The molecule has 5 heteroatoms. The second kappa shape index (κ2) is 5.07. The number of aliphatic hydroxyl groups is 1. The molecule has 5 nitrogen and oxygen atoms in total. The maximum atomic E-state index is 9.23. The van der Waals surface area contributed by atoms with Crippen LogP contribution in [0.5, 0.6) is 0 Å². The first-order valence-corrected chi connectivity index (χ1v) is 4.82. The summed E-state index contributed by atoms with van der Waals surface area (Å²) in [6.45, 7) is 3.57. The minimum Gasteiger partial charge on any atom is -0.387 e. The Bertz CT molecular complexity index is 270. The molecule has 1 unspecified atom stereocenters. The molecule has 1 heterocycles. The third-order valence-electron chi connectivity index (χ3n) is 1.98. The summed E-state index contributed by atoms with van der Waals surface area (Å²) in [5.41, 5.74) is 0.634. The van der Waals surface area contributed by atoms with Crippen LogP contribution >= 0.6 is 0 Å². The first-order chi connectivity index (χ1) is 6.59. The predicted molar refractivity (Wildman–Crippen MR) is 53.8 cm³/mol. The Morgan fingerprint density at radius 2 is 2.29 bits per heavy atom. The van der Waals surface area contributed by atoms with Crippen LogP contribution in [-0.2, 0) is 6.54 Å². The van der Waals surface area contributed by atoms with Crippen LogP contribution in [0.15, 0.2) is 6.20 Å². The highest BCUT2D eigenvalue weighted by Gasteiger charge is 2.05. The molecule has 0 spiro atoms. The molecule has 0 aromatic carbocycles. The van der Waals surface area contributed by atoms with E-state index in [9.17, 15) is 5.11 Å². The van der Waals surface area contributed by atoms with Gasteiger partial charge in [-0.05, 0) is 34.0 Å². The first-order valence-electron chi connectivity index (χ1n) is 4.82. The van der Waals surface area contributed by atoms with Gasteiger partial charge in [-0.3, -0.25) is 4.68 Å². The fourth-order valence-electron chi connectivity index (χ4n) is 1.16. The summed E-state index contributed by atoms with van der Waals surface area (Å²) in [6, 6.07) is 0. The van der Waals surface area contributed by atoms with Crippen LogP contribution in [-0.4, -0.2) is 45.6 Å². The Balaban J connectivity index is 2.36. The van der Waals surface area contributed by atoms with Gasteiger partial charge in [-0.25, -0.2) is 0 Å². The zero-order valence-corrected chi connectivity index (χ0v) is 9.01. The van der Waals surface area contributed by atoms with Gasteiger partial charge in [0.05, 0.1) is 12.3 Å². The number of aryl methyl sites for hydroxylation is 1. The van der Waals surface area contributed by atoms with Gasteiger partial charge in [0.1, 0.15) is 5.69 Å². The van der Waals surface area contributed by atoms with Crippen molar-refractivity contribution < 1.29 is 5.11 Å². The lowest BCUT2D eigenvalue weighted by atomic mass is 10.3. The van der Waals surface area contributed by atoms with E-state index in [2.05, 4.69) is 15.2 Å². The summed E-state index contributed by atoms with van der Waals surface area (Å²) in [7, 11) is 4.09. The average Bonchev–Trinajstić information content (AvgIpc) is 2.52. The highest BCUT2D eigenvalue weighted by molar-refractivity contribution is 4.95. The molecule has 0 saturated carbocycles. The molecule has 0 amide bonds. The molecule has 0 aliphatic carbocycles. The van der Waals surface area contributed by atoms with Crippen LogP contribution in [0.25, 0.3) is 0 Å². The number of aromatic nitrogens is 3. The molecule has 1 rings (SSSR count). The van der Waals surface area contributed by atoms with Gasteiger partial charge in [-0.1, -0.05) is 5.21 Å². The zero-order chi connectivity index (χ0) is 10.6. The van der Waals surface area contributed by atoms with Gasteiger partial charge < -0.3 is 10.0 Å². The van der Waals surface area contributed by atoms with Crippen molar-refractivity contribution in [2.24, 2.45) is 0 Å². The Labute approximate surface area is 84.3 Å². The Kier molecular flexibility index (Phi) is 4.03. The van der Waals surface area contributed by atoms with Crippen molar-refractivity contribution in [1.29, 1.82) is 0 Å². The van der Waals surface area contributed by atoms with Gasteiger partial charge in [0.25, 0.3) is 0 Å². The van der Waals surface area contributed by atoms with E-state index >= 15 is 0 Å². The van der Waals surface area contributed by atoms with Gasteiger partial charge >= 0.3 is 0 Å². The molecule has 14 heavy (non-hydrogen) atoms. The standard InChI is InChI=1S/C9H18N4O/c1-8(14)9-7-13(11-10-9)6-4-5-12(2)3/h7-8,14H,4-6H2,1-3H3. The number of rotatable bonds is 5. The molecule has 1 aromatic rings. The largest absolute Gasteiger partial charge is 0.387 e. The first kappa shape index (κ1) is 11.1. The van der Waals surface area contributed by atoms with Crippen molar-refractivity contribution in [3.8, 4) is 0 Å². The molecular formula is C9H18N4O. The molecule has 0 saturated heterocycles. The summed E-state index contributed by atoms with van der Waals surface area (Å²) in [4.78, 5) is 2.13. The van der Waals surface area contributed by atoms with Crippen molar-refractivity contribution >= 4 is 0 Å². The summed E-state index contributed by atoms with van der Waals surface area (Å²) in [5.74, 6) is 0. The van der Waals surface area contributed by atoms with E-state index in [-0.39, 0.29) is 0 Å². The van der Waals surface area contributed by atoms with Crippen LogP contribution in [0.3, 0.4) is 0 Å². The van der Waals surface area contributed by atoms with E-state index in [1.165, 1.54) is 0 Å². The second-order valence-electron chi connectivity index (χ2n) is 3.74. The fraction of sp³-hybridized carbons (Fsp3) is 0.778. The molecule has 1 atom stereocenters. The molecule has 1 N–H and O–H groups in total. The maximum absolute atomic E-state index is 9.23. The van der Waals surface area contributed by atoms with E-state index in [4.69, 9.17) is 0 Å². The van der Waals surface area contributed by atoms with Crippen molar-refractivity contribution in [3.63, 3.8) is 0 Å². The van der Waals surface area contributed by atoms with Gasteiger partial charge in [0.2, 0.25) is 0 Å². The highest BCUT2D eigenvalue weighted by Crippen LogP contribution is 2.06. The molecule has 0 bridgehead atoms. The SMILES string of the molecule is CC(O)c1cn(CCCN(C)C)nn1. The molecule has 0 aliphatic rings. The van der Waals surface area contributed by atoms with Crippen molar-refractivity contribution in [1.82, 2.24) is 19.9 Å². The average molecular weight is 198 g/mol. The molecule has 80 valence electrons. The van der Waals surface area contributed by atoms with Crippen molar-refractivity contribution in [3.05, 3.63) is 11.9 Å². The van der Waals surface area contributed by atoms with Gasteiger partial charge in [-0.15, -0.1) is 5.10 Å². The van der Waals surface area contributed by atoms with Crippen LogP contribution in [0.2, 0.25) is 0 Å². The zero-order valence-electron chi connectivity index (χ0n) is 9.01. The van der Waals surface area contributed by atoms with Crippen LogP contribution in [0, 0.1) is 0 Å². The van der Waals surface area contributed by atoms with Gasteiger partial charge in [0, 0.05) is 6.54 Å².